The molecule has 9 nitrogen and oxygen atoms in total. The minimum Gasteiger partial charge on any atom is -0.503 e. The molecule has 1 aliphatic rings. The molecule has 35 heavy (non-hydrogen) atoms. The van der Waals surface area contributed by atoms with Crippen LogP contribution in [0.5, 0.6) is 5.75 Å². The molecule has 0 aliphatic heterocycles. The van der Waals surface area contributed by atoms with E-state index in [1.807, 2.05) is 0 Å². The molecule has 2 heterocycles. The molecule has 2 N–H and O–H groups in total. The van der Waals surface area contributed by atoms with Crippen molar-refractivity contribution < 1.29 is 23.2 Å². The van der Waals surface area contributed by atoms with Crippen molar-refractivity contribution in [3.63, 3.8) is 0 Å². The molecule has 1 amide bonds. The van der Waals surface area contributed by atoms with Crippen molar-refractivity contribution in [2.45, 2.75) is 51.4 Å². The van der Waals surface area contributed by atoms with Gasteiger partial charge in [-0.2, -0.15) is 10.1 Å². The molecule has 1 saturated carbocycles. The van der Waals surface area contributed by atoms with Crippen molar-refractivity contribution in [2.24, 2.45) is 12.5 Å². The minimum atomic E-state index is -1.18. The summed E-state index contributed by atoms with van der Waals surface area (Å²) in [5.41, 5.74) is -0.533. The second kappa shape index (κ2) is 9.20. The Labute approximate surface area is 200 Å². The van der Waals surface area contributed by atoms with Crippen molar-refractivity contribution in [3.05, 3.63) is 57.7 Å². The van der Waals surface area contributed by atoms with Crippen LogP contribution in [0.1, 0.15) is 62.2 Å². The Balaban J connectivity index is 1.43. The van der Waals surface area contributed by atoms with Crippen LogP contribution in [0.25, 0.3) is 11.5 Å². The number of hydrogen-bond donors (Lipinski definition) is 2. The molecule has 0 bridgehead atoms. The molecule has 0 unspecified atom stereocenters. The van der Waals surface area contributed by atoms with Gasteiger partial charge in [-0.1, -0.05) is 19.0 Å². The van der Waals surface area contributed by atoms with Gasteiger partial charge in [0.25, 0.3) is 11.5 Å². The van der Waals surface area contributed by atoms with Crippen molar-refractivity contribution >= 4 is 5.91 Å². The maximum atomic E-state index is 13.6. The van der Waals surface area contributed by atoms with Crippen LogP contribution in [-0.4, -0.2) is 37.5 Å². The van der Waals surface area contributed by atoms with Crippen molar-refractivity contribution in [3.8, 4) is 17.3 Å². The third kappa shape index (κ3) is 4.80. The summed E-state index contributed by atoms with van der Waals surface area (Å²) in [6, 6.07) is 4.58. The van der Waals surface area contributed by atoms with Gasteiger partial charge in [-0.25, -0.2) is 13.5 Å². The average Bonchev–Trinajstić information content (AvgIpc) is 3.34. The lowest BCUT2D eigenvalue weighted by atomic mass is 9.63. The van der Waals surface area contributed by atoms with E-state index in [1.165, 1.54) is 10.7 Å². The standard InChI is InChI=1S/C24H27F2N5O4/c1-4-24(22-28-20(30-35-22)17-5-6-18(32)31(3)29-17)9-7-23(2,8-10-24)13-27-21(34)14-11-15(25)19(33)16(26)12-14/h5-6,11-12,33H,4,7-10,13H2,1-3H3,(H,27,34). The number of nitrogens with zero attached hydrogens (tertiary/aromatic N) is 4. The lowest BCUT2D eigenvalue weighted by molar-refractivity contribution is 0.0861. The minimum absolute atomic E-state index is 0.189. The third-order valence-corrected chi connectivity index (χ3v) is 7.12. The number of halogens is 2. The van der Waals surface area contributed by atoms with Crippen LogP contribution in [0.3, 0.4) is 0 Å². The SMILES string of the molecule is CCC1(c2nc(-c3ccc(=O)n(C)n3)no2)CCC(C)(CNC(=O)c2cc(F)c(O)c(F)c2)CC1. The Morgan fingerprint density at radius 1 is 1.20 bits per heavy atom. The van der Waals surface area contributed by atoms with Crippen LogP contribution in [-0.2, 0) is 12.5 Å². The molecule has 4 rings (SSSR count). The summed E-state index contributed by atoms with van der Waals surface area (Å²) in [5, 5.41) is 20.2. The number of phenols is 1. The number of aryl methyl sites for hydroxylation is 1. The van der Waals surface area contributed by atoms with Gasteiger partial charge in [0.2, 0.25) is 11.7 Å². The first-order valence-corrected chi connectivity index (χ1v) is 11.4. The molecule has 1 aromatic carbocycles. The number of aromatic nitrogens is 4. The molecule has 3 aromatic rings. The number of amides is 1. The Morgan fingerprint density at radius 2 is 1.86 bits per heavy atom. The molecule has 0 spiro atoms. The lowest BCUT2D eigenvalue weighted by Gasteiger charge is -2.42. The molecule has 186 valence electrons. The predicted molar refractivity (Wildman–Crippen MR) is 122 cm³/mol. The summed E-state index contributed by atoms with van der Waals surface area (Å²) in [6.45, 7) is 4.44. The van der Waals surface area contributed by atoms with Crippen LogP contribution in [0.4, 0.5) is 8.78 Å². The summed E-state index contributed by atoms with van der Waals surface area (Å²) >= 11 is 0. The highest BCUT2D eigenvalue weighted by molar-refractivity contribution is 5.94. The smallest absolute Gasteiger partial charge is 0.266 e. The summed E-state index contributed by atoms with van der Waals surface area (Å²) in [4.78, 5) is 28.6. The number of carbonyl (C=O) groups is 1. The van der Waals surface area contributed by atoms with Gasteiger partial charge in [0, 0.05) is 30.6 Å². The topological polar surface area (TPSA) is 123 Å². The number of phenolic OH excluding ortho intramolecular Hbond substituents is 1. The van der Waals surface area contributed by atoms with Crippen molar-refractivity contribution in [2.75, 3.05) is 6.54 Å². The Kier molecular flexibility index (Phi) is 6.44. The zero-order valence-electron chi connectivity index (χ0n) is 19.8. The lowest BCUT2D eigenvalue weighted by Crippen LogP contribution is -2.42. The van der Waals surface area contributed by atoms with Crippen LogP contribution < -0.4 is 10.9 Å². The Morgan fingerprint density at radius 3 is 2.46 bits per heavy atom. The van der Waals surface area contributed by atoms with Crippen LogP contribution in [0, 0.1) is 17.0 Å². The van der Waals surface area contributed by atoms with E-state index in [2.05, 4.69) is 34.4 Å². The van der Waals surface area contributed by atoms with Crippen LogP contribution in [0.15, 0.2) is 33.6 Å². The number of rotatable bonds is 6. The normalized spacial score (nSPS) is 22.2. The molecule has 2 aromatic heterocycles. The summed E-state index contributed by atoms with van der Waals surface area (Å²) in [5.74, 6) is -3.24. The van der Waals surface area contributed by atoms with E-state index in [0.29, 0.717) is 24.0 Å². The van der Waals surface area contributed by atoms with Gasteiger partial charge < -0.3 is 14.9 Å². The number of benzene rings is 1. The summed E-state index contributed by atoms with van der Waals surface area (Å²) in [7, 11) is 1.55. The average molecular weight is 488 g/mol. The van der Waals surface area contributed by atoms with Crippen molar-refractivity contribution in [1.82, 2.24) is 25.2 Å². The largest absolute Gasteiger partial charge is 0.503 e. The van der Waals surface area contributed by atoms with Crippen LogP contribution in [0.2, 0.25) is 0 Å². The van der Waals surface area contributed by atoms with Gasteiger partial charge in [0.05, 0.1) is 0 Å². The molecular formula is C24H27F2N5O4. The van der Waals surface area contributed by atoms with E-state index in [4.69, 9.17) is 4.52 Å². The number of aromatic hydroxyl groups is 1. The summed E-state index contributed by atoms with van der Waals surface area (Å²) < 4.78 is 34.0. The zero-order chi connectivity index (χ0) is 25.4. The maximum absolute atomic E-state index is 13.6. The number of hydrogen-bond acceptors (Lipinski definition) is 7. The first-order valence-electron chi connectivity index (χ1n) is 11.4. The second-order valence-corrected chi connectivity index (χ2v) is 9.52. The third-order valence-electron chi connectivity index (χ3n) is 7.12. The van der Waals surface area contributed by atoms with E-state index >= 15 is 0 Å². The molecule has 0 radical (unpaired) electrons. The monoisotopic (exact) mass is 487 g/mol. The van der Waals surface area contributed by atoms with Gasteiger partial charge in [-0.05, 0) is 55.7 Å². The molecule has 11 heteroatoms. The van der Waals surface area contributed by atoms with Crippen molar-refractivity contribution in [1.29, 1.82) is 0 Å². The van der Waals surface area contributed by atoms with E-state index in [-0.39, 0.29) is 22.0 Å². The predicted octanol–water partition coefficient (Wildman–Crippen LogP) is 3.47. The molecule has 1 fully saturated rings. The van der Waals surface area contributed by atoms with Gasteiger partial charge in [0.1, 0.15) is 5.69 Å². The van der Waals surface area contributed by atoms with Gasteiger partial charge in [-0.15, -0.1) is 0 Å². The fourth-order valence-electron chi connectivity index (χ4n) is 4.48. The van der Waals surface area contributed by atoms with Gasteiger partial charge in [-0.3, -0.25) is 9.59 Å². The molecule has 0 atom stereocenters. The van der Waals surface area contributed by atoms with Gasteiger partial charge >= 0.3 is 0 Å². The van der Waals surface area contributed by atoms with E-state index in [0.717, 1.165) is 44.2 Å². The van der Waals surface area contributed by atoms with E-state index in [9.17, 15) is 23.5 Å². The fourth-order valence-corrected chi connectivity index (χ4v) is 4.48. The highest BCUT2D eigenvalue weighted by atomic mass is 19.1. The molecular weight excluding hydrogens is 460 g/mol. The first-order chi connectivity index (χ1) is 16.6. The summed E-state index contributed by atoms with van der Waals surface area (Å²) in [6.07, 6.45) is 3.80. The molecule has 0 saturated heterocycles. The zero-order valence-corrected chi connectivity index (χ0v) is 19.8. The first kappa shape index (κ1) is 24.5. The number of nitrogens with one attached hydrogen (secondary N) is 1. The highest BCUT2D eigenvalue weighted by Gasteiger charge is 2.44. The van der Waals surface area contributed by atoms with Crippen LogP contribution >= 0.6 is 0 Å². The Bertz CT molecular complexity index is 1290. The maximum Gasteiger partial charge on any atom is 0.266 e. The highest BCUT2D eigenvalue weighted by Crippen LogP contribution is 2.48. The second-order valence-electron chi connectivity index (χ2n) is 9.52. The van der Waals surface area contributed by atoms with Gasteiger partial charge in [0.15, 0.2) is 17.4 Å². The van der Waals surface area contributed by atoms with E-state index < -0.39 is 23.3 Å². The number of carbonyl (C=O) groups excluding carboxylic acids is 1. The fraction of sp³-hybridized carbons (Fsp3) is 0.458. The Hall–Kier alpha value is -3.63. The quantitative estimate of drug-likeness (QED) is 0.546. The van der Waals surface area contributed by atoms with E-state index in [1.54, 1.807) is 13.1 Å². The molecule has 1 aliphatic carbocycles.